The fourth-order valence-electron chi connectivity index (χ4n) is 2.61. The molecule has 0 aliphatic carbocycles. The van der Waals surface area contributed by atoms with Gasteiger partial charge in [0.15, 0.2) is 0 Å². The van der Waals surface area contributed by atoms with Crippen molar-refractivity contribution in [3.63, 3.8) is 0 Å². The molecule has 2 aromatic rings. The molecule has 0 aromatic heterocycles. The molecule has 0 atom stereocenters. The zero-order valence-electron chi connectivity index (χ0n) is 13.9. The first-order chi connectivity index (χ1) is 11.2. The predicted octanol–water partition coefficient (Wildman–Crippen LogP) is 3.19. The van der Waals surface area contributed by atoms with E-state index in [0.29, 0.717) is 6.54 Å². The molecule has 4 heteroatoms. The molecule has 1 N–H and O–H groups in total. The summed E-state index contributed by atoms with van der Waals surface area (Å²) in [6.07, 6.45) is 0.264. The molecule has 0 aliphatic rings. The fraction of sp³-hybridized carbons (Fsp3) is 0.316. The minimum absolute atomic E-state index is 0.236. The van der Waals surface area contributed by atoms with E-state index in [-0.39, 0.29) is 12.4 Å². The van der Waals surface area contributed by atoms with Crippen LogP contribution < -0.4 is 10.1 Å². The van der Waals surface area contributed by atoms with Gasteiger partial charge in [0.2, 0.25) is 0 Å². The van der Waals surface area contributed by atoms with Crippen LogP contribution in [0.25, 0.3) is 11.1 Å². The maximum absolute atomic E-state index is 11.7. The molecule has 122 valence electrons. The molecule has 0 fully saturated rings. The number of hydrogen-bond donors (Lipinski definition) is 1. The minimum Gasteiger partial charge on any atom is -0.496 e. The van der Waals surface area contributed by atoms with Crippen LogP contribution in [-0.2, 0) is 22.5 Å². The number of methoxy groups -OCH3 is 2. The molecule has 0 heterocycles. The number of nitrogens with one attached hydrogen (secondary N) is 1. The highest BCUT2D eigenvalue weighted by Gasteiger charge is 2.15. The number of ether oxygens (including phenoxy) is 2. The Morgan fingerprint density at radius 1 is 1.04 bits per heavy atom. The topological polar surface area (TPSA) is 47.6 Å². The molecule has 0 bridgehead atoms. The zero-order chi connectivity index (χ0) is 16.7. The van der Waals surface area contributed by atoms with Crippen LogP contribution in [0.3, 0.4) is 0 Å². The Hall–Kier alpha value is -2.33. The van der Waals surface area contributed by atoms with Crippen molar-refractivity contribution in [3.8, 4) is 16.9 Å². The van der Waals surface area contributed by atoms with Crippen LogP contribution in [0.4, 0.5) is 0 Å². The van der Waals surface area contributed by atoms with Gasteiger partial charge in [-0.15, -0.1) is 0 Å². The summed E-state index contributed by atoms with van der Waals surface area (Å²) in [5.41, 5.74) is 4.17. The van der Waals surface area contributed by atoms with Crippen molar-refractivity contribution >= 4 is 5.97 Å². The maximum Gasteiger partial charge on any atom is 0.309 e. The maximum atomic E-state index is 11.7. The van der Waals surface area contributed by atoms with Gasteiger partial charge in [-0.25, -0.2) is 0 Å². The van der Waals surface area contributed by atoms with Gasteiger partial charge in [0.1, 0.15) is 5.75 Å². The summed E-state index contributed by atoms with van der Waals surface area (Å²) < 4.78 is 10.3. The summed E-state index contributed by atoms with van der Waals surface area (Å²) >= 11 is 0. The first-order valence-electron chi connectivity index (χ1n) is 7.73. The molecule has 0 unspecified atom stereocenters. The van der Waals surface area contributed by atoms with E-state index in [9.17, 15) is 4.79 Å². The van der Waals surface area contributed by atoms with E-state index in [1.807, 2.05) is 36.4 Å². The molecule has 4 nitrogen and oxygen atoms in total. The van der Waals surface area contributed by atoms with Crippen LogP contribution in [0.15, 0.2) is 42.5 Å². The number of benzene rings is 2. The molecule has 0 saturated carbocycles. The monoisotopic (exact) mass is 313 g/mol. The lowest BCUT2D eigenvalue weighted by Gasteiger charge is -2.17. The second kappa shape index (κ2) is 8.34. The van der Waals surface area contributed by atoms with E-state index in [1.54, 1.807) is 7.11 Å². The molecule has 0 saturated heterocycles. The summed E-state index contributed by atoms with van der Waals surface area (Å²) in [6.45, 7) is 3.61. The lowest BCUT2D eigenvalue weighted by Crippen LogP contribution is -2.16. The quantitative estimate of drug-likeness (QED) is 0.798. The third kappa shape index (κ3) is 4.11. The zero-order valence-corrected chi connectivity index (χ0v) is 13.9. The van der Waals surface area contributed by atoms with E-state index < -0.39 is 0 Å². The van der Waals surface area contributed by atoms with Crippen LogP contribution >= 0.6 is 0 Å². The smallest absolute Gasteiger partial charge is 0.309 e. The molecule has 0 aliphatic heterocycles. The number of hydrogen-bond acceptors (Lipinski definition) is 4. The van der Waals surface area contributed by atoms with Crippen molar-refractivity contribution < 1.29 is 14.3 Å². The van der Waals surface area contributed by atoms with Crippen molar-refractivity contribution in [3.05, 3.63) is 53.6 Å². The van der Waals surface area contributed by atoms with Gasteiger partial charge in [0.25, 0.3) is 0 Å². The van der Waals surface area contributed by atoms with E-state index in [4.69, 9.17) is 9.47 Å². The summed E-state index contributed by atoms with van der Waals surface area (Å²) in [5.74, 6) is 0.584. The highest BCUT2D eigenvalue weighted by Crippen LogP contribution is 2.33. The Balaban J connectivity index is 2.53. The molecular formula is C19H23NO3. The first kappa shape index (κ1) is 17.0. The van der Waals surface area contributed by atoms with Crippen molar-refractivity contribution in [2.75, 3.05) is 20.8 Å². The van der Waals surface area contributed by atoms with Crippen molar-refractivity contribution in [2.24, 2.45) is 0 Å². The van der Waals surface area contributed by atoms with Gasteiger partial charge < -0.3 is 14.8 Å². The van der Waals surface area contributed by atoms with E-state index in [2.05, 4.69) is 18.3 Å². The number of carbonyl (C=O) groups excluding carboxylic acids is 1. The third-order valence-corrected chi connectivity index (χ3v) is 3.78. The van der Waals surface area contributed by atoms with Gasteiger partial charge in [0, 0.05) is 12.1 Å². The fourth-order valence-corrected chi connectivity index (χ4v) is 2.61. The van der Waals surface area contributed by atoms with Crippen LogP contribution in [0.1, 0.15) is 18.1 Å². The van der Waals surface area contributed by atoms with Crippen molar-refractivity contribution in [1.29, 1.82) is 0 Å². The number of rotatable bonds is 7. The minimum atomic E-state index is -0.236. The lowest BCUT2D eigenvalue weighted by molar-refractivity contribution is -0.139. The van der Waals surface area contributed by atoms with Gasteiger partial charge in [-0.1, -0.05) is 43.3 Å². The van der Waals surface area contributed by atoms with Crippen LogP contribution in [0.2, 0.25) is 0 Å². The van der Waals surface area contributed by atoms with E-state index in [0.717, 1.165) is 34.5 Å². The standard InChI is InChI=1S/C19H23NO3/c1-4-20-13-17-14(12-19(21)23-3)8-7-10-15(17)16-9-5-6-11-18(16)22-2/h5-11,20H,4,12-13H2,1-3H3. The molecule has 23 heavy (non-hydrogen) atoms. The molecule has 0 radical (unpaired) electrons. The number of carbonyl (C=O) groups is 1. The summed E-state index contributed by atoms with van der Waals surface area (Å²) in [6, 6.07) is 13.9. The normalized spacial score (nSPS) is 10.4. The molecule has 2 aromatic carbocycles. The predicted molar refractivity (Wildman–Crippen MR) is 91.5 cm³/mol. The highest BCUT2D eigenvalue weighted by molar-refractivity contribution is 5.78. The average Bonchev–Trinajstić information content (AvgIpc) is 2.60. The molecule has 0 spiro atoms. The van der Waals surface area contributed by atoms with Crippen LogP contribution in [0.5, 0.6) is 5.75 Å². The summed E-state index contributed by atoms with van der Waals surface area (Å²) in [7, 11) is 3.08. The van der Waals surface area contributed by atoms with Crippen LogP contribution in [-0.4, -0.2) is 26.7 Å². The lowest BCUT2D eigenvalue weighted by atomic mass is 9.93. The summed E-state index contributed by atoms with van der Waals surface area (Å²) in [4.78, 5) is 11.7. The second-order valence-corrected chi connectivity index (χ2v) is 5.18. The number of esters is 1. The molecule has 0 amide bonds. The largest absolute Gasteiger partial charge is 0.496 e. The summed E-state index contributed by atoms with van der Waals surface area (Å²) in [5, 5.41) is 3.35. The molecule has 2 rings (SSSR count). The van der Waals surface area contributed by atoms with Gasteiger partial charge in [0.05, 0.1) is 20.6 Å². The van der Waals surface area contributed by atoms with E-state index >= 15 is 0 Å². The Morgan fingerprint density at radius 3 is 2.48 bits per heavy atom. The SMILES string of the molecule is CCNCc1c(CC(=O)OC)cccc1-c1ccccc1OC. The number of para-hydroxylation sites is 1. The van der Waals surface area contributed by atoms with Crippen molar-refractivity contribution in [2.45, 2.75) is 19.9 Å². The highest BCUT2D eigenvalue weighted by atomic mass is 16.5. The Morgan fingerprint density at radius 2 is 1.78 bits per heavy atom. The van der Waals surface area contributed by atoms with Gasteiger partial charge in [-0.05, 0) is 29.3 Å². The van der Waals surface area contributed by atoms with Crippen LogP contribution in [0, 0.1) is 0 Å². The third-order valence-electron chi connectivity index (χ3n) is 3.78. The average molecular weight is 313 g/mol. The second-order valence-electron chi connectivity index (χ2n) is 5.18. The molecular weight excluding hydrogens is 290 g/mol. The Kier molecular flexibility index (Phi) is 6.18. The Bertz CT molecular complexity index is 667. The Labute approximate surface area is 137 Å². The van der Waals surface area contributed by atoms with Gasteiger partial charge in [-0.2, -0.15) is 0 Å². The first-order valence-corrected chi connectivity index (χ1v) is 7.73. The van der Waals surface area contributed by atoms with Gasteiger partial charge >= 0.3 is 5.97 Å². The van der Waals surface area contributed by atoms with Gasteiger partial charge in [-0.3, -0.25) is 4.79 Å². The van der Waals surface area contributed by atoms with E-state index in [1.165, 1.54) is 7.11 Å². The van der Waals surface area contributed by atoms with Crippen molar-refractivity contribution in [1.82, 2.24) is 5.32 Å².